The predicted octanol–water partition coefficient (Wildman–Crippen LogP) is 3.25. The lowest BCUT2D eigenvalue weighted by molar-refractivity contribution is 0.0926. The Balaban J connectivity index is 2.16. The van der Waals surface area contributed by atoms with Crippen LogP contribution in [0.2, 0.25) is 5.02 Å². The zero-order valence-electron chi connectivity index (χ0n) is 10.1. The zero-order chi connectivity index (χ0) is 13.6. The van der Waals surface area contributed by atoms with Crippen molar-refractivity contribution in [2.75, 3.05) is 4.90 Å². The largest absolute Gasteiger partial charge is 0.268 e. The summed E-state index contributed by atoms with van der Waals surface area (Å²) in [6.07, 6.45) is 0. The molecule has 0 atom stereocenters. The van der Waals surface area contributed by atoms with E-state index in [-0.39, 0.29) is 11.8 Å². The minimum absolute atomic E-state index is 0.314. The molecule has 0 fully saturated rings. The first-order valence-electron chi connectivity index (χ1n) is 5.74. The third-order valence-corrected chi connectivity index (χ3v) is 3.37. The molecule has 0 N–H and O–H groups in total. The number of carbonyl (C=O) groups excluding carboxylic acids is 2. The third kappa shape index (κ3) is 1.74. The van der Waals surface area contributed by atoms with Crippen molar-refractivity contribution in [3.63, 3.8) is 0 Å². The third-order valence-electron chi connectivity index (χ3n) is 3.13. The highest BCUT2D eigenvalue weighted by Gasteiger charge is 2.37. The quantitative estimate of drug-likeness (QED) is 0.746. The van der Waals surface area contributed by atoms with Crippen molar-refractivity contribution in [3.8, 4) is 0 Å². The Bertz CT molecular complexity index is 709. The number of carbonyl (C=O) groups is 2. The summed E-state index contributed by atoms with van der Waals surface area (Å²) in [5.41, 5.74) is 2.15. The second-order valence-corrected chi connectivity index (χ2v) is 4.78. The van der Waals surface area contributed by atoms with Crippen LogP contribution >= 0.6 is 11.6 Å². The van der Waals surface area contributed by atoms with Crippen molar-refractivity contribution >= 4 is 29.1 Å². The van der Waals surface area contributed by atoms with Gasteiger partial charge in [-0.3, -0.25) is 9.59 Å². The number of hydrogen-bond acceptors (Lipinski definition) is 2. The normalized spacial score (nSPS) is 13.9. The number of rotatable bonds is 1. The minimum Gasteiger partial charge on any atom is -0.268 e. The summed E-state index contributed by atoms with van der Waals surface area (Å²) in [6.45, 7) is 1.84. The first kappa shape index (κ1) is 11.9. The van der Waals surface area contributed by atoms with E-state index in [0.29, 0.717) is 21.8 Å². The average molecular weight is 271 g/mol. The molecule has 2 aromatic rings. The minimum atomic E-state index is -0.336. The highest BCUT2D eigenvalue weighted by Crippen LogP contribution is 2.31. The van der Waals surface area contributed by atoms with E-state index >= 15 is 0 Å². The van der Waals surface area contributed by atoms with Gasteiger partial charge in [-0.2, -0.15) is 0 Å². The standard InChI is InChI=1S/C15H9ClNO2/c1-9-4-2-3-5-13(9)17-14(18)11-7-6-10(16)8-12(11)15(17)19/h3-8H,1H3. The Morgan fingerprint density at radius 2 is 1.84 bits per heavy atom. The highest BCUT2D eigenvalue weighted by atomic mass is 35.5. The van der Waals surface area contributed by atoms with Gasteiger partial charge in [0.15, 0.2) is 0 Å². The van der Waals surface area contributed by atoms with Gasteiger partial charge in [0.1, 0.15) is 0 Å². The van der Waals surface area contributed by atoms with E-state index in [1.165, 1.54) is 11.0 Å². The topological polar surface area (TPSA) is 37.4 Å². The Hall–Kier alpha value is -2.13. The van der Waals surface area contributed by atoms with E-state index in [2.05, 4.69) is 6.07 Å². The summed E-state index contributed by atoms with van der Waals surface area (Å²) in [5, 5.41) is 0.444. The van der Waals surface area contributed by atoms with Crippen molar-refractivity contribution in [1.82, 2.24) is 0 Å². The number of fused-ring (bicyclic) bond motifs is 1. The Morgan fingerprint density at radius 1 is 1.11 bits per heavy atom. The Morgan fingerprint density at radius 3 is 2.58 bits per heavy atom. The molecule has 0 unspecified atom stereocenters. The maximum Gasteiger partial charge on any atom is 0.266 e. The van der Waals surface area contributed by atoms with Crippen molar-refractivity contribution < 1.29 is 9.59 Å². The number of anilines is 1. The highest BCUT2D eigenvalue weighted by molar-refractivity contribution is 6.36. The molecule has 0 spiro atoms. The van der Waals surface area contributed by atoms with Crippen molar-refractivity contribution in [3.05, 3.63) is 64.2 Å². The number of hydrogen-bond donors (Lipinski definition) is 0. The lowest BCUT2D eigenvalue weighted by Crippen LogP contribution is -2.29. The van der Waals surface area contributed by atoms with E-state index in [1.54, 1.807) is 30.3 Å². The number of imide groups is 1. The molecule has 3 rings (SSSR count). The van der Waals surface area contributed by atoms with E-state index in [4.69, 9.17) is 11.6 Å². The van der Waals surface area contributed by atoms with Crippen LogP contribution in [-0.2, 0) is 0 Å². The van der Waals surface area contributed by atoms with Gasteiger partial charge in [0.05, 0.1) is 16.8 Å². The lowest BCUT2D eigenvalue weighted by Gasteiger charge is -2.15. The maximum atomic E-state index is 12.3. The summed E-state index contributed by atoms with van der Waals surface area (Å²) < 4.78 is 0. The molecule has 0 bridgehead atoms. The SMILES string of the molecule is Cc1c[c]ccc1N1C(=O)c2ccc(Cl)cc2C1=O. The van der Waals surface area contributed by atoms with E-state index < -0.39 is 0 Å². The fraction of sp³-hybridized carbons (Fsp3) is 0.0667. The van der Waals surface area contributed by atoms with Crippen molar-refractivity contribution in [2.45, 2.75) is 6.92 Å². The lowest BCUT2D eigenvalue weighted by atomic mass is 10.1. The van der Waals surface area contributed by atoms with Gasteiger partial charge >= 0.3 is 0 Å². The van der Waals surface area contributed by atoms with Crippen molar-refractivity contribution in [2.24, 2.45) is 0 Å². The Labute approximate surface area is 115 Å². The van der Waals surface area contributed by atoms with E-state index in [9.17, 15) is 9.59 Å². The van der Waals surface area contributed by atoms with Gasteiger partial charge in [-0.1, -0.05) is 17.7 Å². The molecule has 1 radical (unpaired) electrons. The van der Waals surface area contributed by atoms with Gasteiger partial charge in [0.2, 0.25) is 0 Å². The molecule has 1 aliphatic rings. The number of nitrogens with zero attached hydrogens (tertiary/aromatic N) is 1. The molecule has 19 heavy (non-hydrogen) atoms. The monoisotopic (exact) mass is 270 g/mol. The van der Waals surface area contributed by atoms with Gasteiger partial charge in [0.25, 0.3) is 11.8 Å². The van der Waals surface area contributed by atoms with Crippen LogP contribution in [0.15, 0.2) is 36.4 Å². The number of benzene rings is 2. The van der Waals surface area contributed by atoms with Crippen LogP contribution in [0.4, 0.5) is 5.69 Å². The summed E-state index contributed by atoms with van der Waals surface area (Å²) in [5.74, 6) is -0.650. The molecule has 3 nitrogen and oxygen atoms in total. The summed E-state index contributed by atoms with van der Waals surface area (Å²) in [6, 6.07) is 12.8. The van der Waals surface area contributed by atoms with Crippen LogP contribution < -0.4 is 4.90 Å². The van der Waals surface area contributed by atoms with E-state index in [1.807, 2.05) is 6.92 Å². The molecular formula is C15H9ClNO2. The van der Waals surface area contributed by atoms with Gasteiger partial charge in [-0.15, -0.1) is 0 Å². The summed E-state index contributed by atoms with van der Waals surface area (Å²) >= 11 is 5.87. The first-order chi connectivity index (χ1) is 9.09. The van der Waals surface area contributed by atoms with Gasteiger partial charge in [0, 0.05) is 5.02 Å². The molecule has 0 aromatic heterocycles. The molecule has 93 valence electrons. The van der Waals surface area contributed by atoms with Crippen LogP contribution in [0.5, 0.6) is 0 Å². The molecule has 4 heteroatoms. The fourth-order valence-corrected chi connectivity index (χ4v) is 2.36. The molecule has 2 aromatic carbocycles. The Kier molecular flexibility index (Phi) is 2.64. The fourth-order valence-electron chi connectivity index (χ4n) is 2.19. The van der Waals surface area contributed by atoms with Gasteiger partial charge < -0.3 is 0 Å². The van der Waals surface area contributed by atoms with Crippen LogP contribution in [0, 0.1) is 13.0 Å². The molecule has 0 aliphatic carbocycles. The molecule has 2 amide bonds. The zero-order valence-corrected chi connectivity index (χ0v) is 10.9. The second kappa shape index (κ2) is 4.21. The average Bonchev–Trinajstić information content (AvgIpc) is 2.63. The first-order valence-corrected chi connectivity index (χ1v) is 6.12. The summed E-state index contributed by atoms with van der Waals surface area (Å²) in [4.78, 5) is 25.9. The van der Waals surface area contributed by atoms with Crippen molar-refractivity contribution in [1.29, 1.82) is 0 Å². The molecule has 1 aliphatic heterocycles. The van der Waals surface area contributed by atoms with Gasteiger partial charge in [-0.05, 0) is 48.9 Å². The molecule has 0 saturated heterocycles. The summed E-state index contributed by atoms with van der Waals surface area (Å²) in [7, 11) is 0. The van der Waals surface area contributed by atoms with E-state index in [0.717, 1.165) is 5.56 Å². The number of amides is 2. The van der Waals surface area contributed by atoms with Crippen LogP contribution in [0.3, 0.4) is 0 Å². The molecule has 1 heterocycles. The number of halogens is 1. The second-order valence-electron chi connectivity index (χ2n) is 4.35. The predicted molar refractivity (Wildman–Crippen MR) is 72.6 cm³/mol. The molecule has 0 saturated carbocycles. The smallest absolute Gasteiger partial charge is 0.266 e. The molecular weight excluding hydrogens is 262 g/mol. The number of aryl methyl sites for hydroxylation is 1. The van der Waals surface area contributed by atoms with Crippen LogP contribution in [0.25, 0.3) is 0 Å². The van der Waals surface area contributed by atoms with Gasteiger partial charge in [-0.25, -0.2) is 4.90 Å². The maximum absolute atomic E-state index is 12.3. The van der Waals surface area contributed by atoms with Crippen LogP contribution in [0.1, 0.15) is 26.3 Å². The van der Waals surface area contributed by atoms with Crippen LogP contribution in [-0.4, -0.2) is 11.8 Å².